The van der Waals surface area contributed by atoms with Crippen LogP contribution in [-0.4, -0.2) is 36.6 Å². The molecule has 0 radical (unpaired) electrons. The molecule has 1 saturated carbocycles. The van der Waals surface area contributed by atoms with E-state index in [2.05, 4.69) is 44.8 Å². The van der Waals surface area contributed by atoms with E-state index in [0.29, 0.717) is 0 Å². The van der Waals surface area contributed by atoms with Crippen LogP contribution in [0.15, 0.2) is 0 Å². The molecular weight excluding hydrogens is 256 g/mol. The summed E-state index contributed by atoms with van der Waals surface area (Å²) in [6.45, 7) is 15.4. The summed E-state index contributed by atoms with van der Waals surface area (Å²) < 4.78 is 0. The minimum atomic E-state index is 0.757. The molecule has 1 aliphatic rings. The van der Waals surface area contributed by atoms with E-state index in [0.717, 1.165) is 30.5 Å². The van der Waals surface area contributed by atoms with Crippen molar-refractivity contribution in [2.24, 2.45) is 11.8 Å². The van der Waals surface area contributed by atoms with Crippen molar-refractivity contribution < 1.29 is 0 Å². The van der Waals surface area contributed by atoms with Crippen LogP contribution in [0, 0.1) is 11.8 Å². The second kappa shape index (κ2) is 10.6. The predicted octanol–water partition coefficient (Wildman–Crippen LogP) is 4.69. The first-order valence-corrected chi connectivity index (χ1v) is 9.47. The van der Waals surface area contributed by atoms with Gasteiger partial charge in [-0.15, -0.1) is 0 Å². The third-order valence-electron chi connectivity index (χ3n) is 4.85. The van der Waals surface area contributed by atoms with Gasteiger partial charge in [0.2, 0.25) is 0 Å². The van der Waals surface area contributed by atoms with Crippen LogP contribution in [0.4, 0.5) is 0 Å². The summed E-state index contributed by atoms with van der Waals surface area (Å²) in [6.07, 6.45) is 9.80. The molecule has 0 spiro atoms. The van der Waals surface area contributed by atoms with E-state index >= 15 is 0 Å². The Hall–Kier alpha value is -0.0800. The number of hydrogen-bond donors (Lipinski definition) is 1. The summed E-state index contributed by atoms with van der Waals surface area (Å²) in [7, 11) is 0. The summed E-state index contributed by atoms with van der Waals surface area (Å²) in [6, 6.07) is 1.63. The predicted molar refractivity (Wildman–Crippen MR) is 94.8 cm³/mol. The lowest BCUT2D eigenvalue weighted by Crippen LogP contribution is -2.41. The summed E-state index contributed by atoms with van der Waals surface area (Å²) >= 11 is 0. The Bertz CT molecular complexity index is 244. The molecule has 1 atom stereocenters. The van der Waals surface area contributed by atoms with E-state index < -0.39 is 0 Å². The first-order valence-electron chi connectivity index (χ1n) is 9.47. The number of hydrogen-bond acceptors (Lipinski definition) is 2. The van der Waals surface area contributed by atoms with E-state index in [9.17, 15) is 0 Å². The zero-order chi connectivity index (χ0) is 15.7. The molecule has 0 bridgehead atoms. The van der Waals surface area contributed by atoms with Crippen molar-refractivity contribution in [3.05, 3.63) is 0 Å². The molecule has 0 aromatic rings. The highest BCUT2D eigenvalue weighted by atomic mass is 15.2. The quantitative estimate of drug-likeness (QED) is 0.556. The minimum Gasteiger partial charge on any atom is -0.316 e. The van der Waals surface area contributed by atoms with Crippen LogP contribution in [0.2, 0.25) is 0 Å². The van der Waals surface area contributed by atoms with Crippen molar-refractivity contribution in [2.75, 3.05) is 19.6 Å². The first kappa shape index (κ1) is 19.0. The van der Waals surface area contributed by atoms with Gasteiger partial charge in [0.25, 0.3) is 0 Å². The largest absolute Gasteiger partial charge is 0.316 e. The molecule has 1 rings (SSSR count). The topological polar surface area (TPSA) is 15.3 Å². The second-order valence-corrected chi connectivity index (χ2v) is 7.95. The Morgan fingerprint density at radius 3 is 2.19 bits per heavy atom. The smallest absolute Gasteiger partial charge is 0.00980 e. The fraction of sp³-hybridized carbons (Fsp3) is 1.00. The zero-order valence-electron chi connectivity index (χ0n) is 15.3. The molecule has 0 saturated heterocycles. The number of nitrogens with one attached hydrogen (secondary N) is 1. The molecule has 126 valence electrons. The number of nitrogens with zero attached hydrogens (tertiary/aromatic N) is 1. The van der Waals surface area contributed by atoms with E-state index in [-0.39, 0.29) is 0 Å². The highest BCUT2D eigenvalue weighted by Gasteiger charge is 2.25. The van der Waals surface area contributed by atoms with Crippen LogP contribution in [0.3, 0.4) is 0 Å². The normalized spacial score (nSPS) is 18.3. The summed E-state index contributed by atoms with van der Waals surface area (Å²) in [4.78, 5) is 2.84. The lowest BCUT2D eigenvalue weighted by Gasteiger charge is -2.35. The molecule has 0 amide bonds. The Balaban J connectivity index is 2.30. The van der Waals surface area contributed by atoms with Gasteiger partial charge in [-0.2, -0.15) is 0 Å². The molecule has 2 nitrogen and oxygen atoms in total. The Morgan fingerprint density at radius 2 is 1.62 bits per heavy atom. The monoisotopic (exact) mass is 296 g/mol. The first-order chi connectivity index (χ1) is 10.0. The van der Waals surface area contributed by atoms with Gasteiger partial charge in [0.05, 0.1) is 0 Å². The third-order valence-corrected chi connectivity index (χ3v) is 4.85. The molecule has 1 fully saturated rings. The maximum absolute atomic E-state index is 3.58. The van der Waals surface area contributed by atoms with Crippen LogP contribution in [0.25, 0.3) is 0 Å². The van der Waals surface area contributed by atoms with Gasteiger partial charge in [-0.1, -0.05) is 40.5 Å². The molecule has 21 heavy (non-hydrogen) atoms. The fourth-order valence-corrected chi connectivity index (χ4v) is 3.49. The van der Waals surface area contributed by atoms with E-state index in [1.807, 2.05) is 0 Å². The van der Waals surface area contributed by atoms with Crippen molar-refractivity contribution in [3.63, 3.8) is 0 Å². The third kappa shape index (κ3) is 8.21. The molecule has 0 aliphatic heterocycles. The van der Waals surface area contributed by atoms with Gasteiger partial charge in [0.15, 0.2) is 0 Å². The van der Waals surface area contributed by atoms with Crippen LogP contribution >= 0.6 is 0 Å². The zero-order valence-corrected chi connectivity index (χ0v) is 15.3. The molecule has 0 heterocycles. The van der Waals surface area contributed by atoms with Gasteiger partial charge >= 0.3 is 0 Å². The van der Waals surface area contributed by atoms with Gasteiger partial charge in [-0.05, 0) is 70.5 Å². The average Bonchev–Trinajstić information content (AvgIpc) is 2.91. The summed E-state index contributed by atoms with van der Waals surface area (Å²) in [5.41, 5.74) is 0. The fourth-order valence-electron chi connectivity index (χ4n) is 3.49. The van der Waals surface area contributed by atoms with Crippen molar-refractivity contribution in [1.82, 2.24) is 10.2 Å². The van der Waals surface area contributed by atoms with Crippen LogP contribution in [0.5, 0.6) is 0 Å². The van der Waals surface area contributed by atoms with Crippen molar-refractivity contribution in [3.8, 4) is 0 Å². The lowest BCUT2D eigenvalue weighted by atomic mass is 10.0. The minimum absolute atomic E-state index is 0.757. The van der Waals surface area contributed by atoms with Gasteiger partial charge in [0, 0.05) is 12.1 Å². The van der Waals surface area contributed by atoms with Gasteiger partial charge in [0.1, 0.15) is 0 Å². The Morgan fingerprint density at radius 1 is 0.952 bits per heavy atom. The second-order valence-electron chi connectivity index (χ2n) is 7.95. The SMILES string of the molecule is CC(C)CCN(C(C)CCCNCC(C)C)C1CCCC1. The molecule has 0 aromatic carbocycles. The molecule has 1 aliphatic carbocycles. The number of rotatable bonds is 11. The summed E-state index contributed by atoms with van der Waals surface area (Å²) in [5.74, 6) is 1.59. The van der Waals surface area contributed by atoms with Gasteiger partial charge < -0.3 is 5.32 Å². The maximum atomic E-state index is 3.58. The van der Waals surface area contributed by atoms with E-state index in [4.69, 9.17) is 0 Å². The van der Waals surface area contributed by atoms with Crippen molar-refractivity contribution in [1.29, 1.82) is 0 Å². The van der Waals surface area contributed by atoms with Crippen molar-refractivity contribution >= 4 is 0 Å². The maximum Gasteiger partial charge on any atom is 0.00980 e. The summed E-state index contributed by atoms with van der Waals surface area (Å²) in [5, 5.41) is 3.58. The van der Waals surface area contributed by atoms with E-state index in [1.165, 1.54) is 58.0 Å². The Labute approximate surface area is 134 Å². The molecule has 1 N–H and O–H groups in total. The highest BCUT2D eigenvalue weighted by Crippen LogP contribution is 2.27. The van der Waals surface area contributed by atoms with Crippen LogP contribution in [0.1, 0.15) is 79.6 Å². The lowest BCUT2D eigenvalue weighted by molar-refractivity contribution is 0.129. The molecule has 0 aromatic heterocycles. The molecule has 2 heteroatoms. The molecular formula is C19H40N2. The molecule has 1 unspecified atom stereocenters. The van der Waals surface area contributed by atoms with Crippen LogP contribution in [-0.2, 0) is 0 Å². The standard InChI is InChI=1S/C19H40N2/c1-16(2)12-14-21(19-10-6-7-11-19)18(5)9-8-13-20-15-17(3)4/h16-20H,6-15H2,1-5H3. The van der Waals surface area contributed by atoms with Crippen molar-refractivity contribution in [2.45, 2.75) is 91.6 Å². The van der Waals surface area contributed by atoms with E-state index in [1.54, 1.807) is 0 Å². The van der Waals surface area contributed by atoms with Gasteiger partial charge in [-0.3, -0.25) is 4.90 Å². The Kier molecular flexibility index (Phi) is 9.59. The van der Waals surface area contributed by atoms with Gasteiger partial charge in [-0.25, -0.2) is 0 Å². The van der Waals surface area contributed by atoms with Crippen LogP contribution < -0.4 is 5.32 Å². The highest BCUT2D eigenvalue weighted by molar-refractivity contribution is 4.81. The average molecular weight is 297 g/mol.